The van der Waals surface area contributed by atoms with Gasteiger partial charge in [0.1, 0.15) is 17.6 Å². The van der Waals surface area contributed by atoms with Crippen molar-refractivity contribution in [1.29, 1.82) is 0 Å². The third-order valence-electron chi connectivity index (χ3n) is 6.56. The van der Waals surface area contributed by atoms with Crippen molar-refractivity contribution in [1.82, 2.24) is 14.5 Å². The smallest absolute Gasteiger partial charge is 0.352 e. The number of benzene rings is 2. The Balaban J connectivity index is 1.56. The van der Waals surface area contributed by atoms with E-state index in [1.54, 1.807) is 10.8 Å². The molecule has 2 aromatic heterocycles. The molecule has 0 aliphatic carbocycles. The van der Waals surface area contributed by atoms with Crippen molar-refractivity contribution in [3.8, 4) is 0 Å². The number of aromatic nitrogens is 2. The highest BCUT2D eigenvalue weighted by atomic mass is 16.4. The Labute approximate surface area is 202 Å². The zero-order chi connectivity index (χ0) is 24.4. The first-order chi connectivity index (χ1) is 17.0. The number of fused-ring (bicyclic) bond motifs is 1. The maximum absolute atomic E-state index is 12.7. The number of aromatic carboxylic acids is 1. The van der Waals surface area contributed by atoms with Gasteiger partial charge < -0.3 is 19.7 Å². The third-order valence-corrected chi connectivity index (χ3v) is 6.56. The molecule has 0 spiro atoms. The fraction of sp³-hybridized carbons (Fsp3) is 0.222. The molecule has 178 valence electrons. The van der Waals surface area contributed by atoms with Crippen molar-refractivity contribution in [2.24, 2.45) is 0 Å². The average molecular weight is 471 g/mol. The van der Waals surface area contributed by atoms with Crippen molar-refractivity contribution < 1.29 is 19.8 Å². The van der Waals surface area contributed by atoms with E-state index in [1.165, 1.54) is 0 Å². The molecule has 3 heterocycles. The van der Waals surface area contributed by atoms with E-state index in [1.807, 2.05) is 77.7 Å². The molecule has 1 saturated heterocycles. The summed E-state index contributed by atoms with van der Waals surface area (Å²) in [6.45, 7) is 2.50. The fourth-order valence-electron chi connectivity index (χ4n) is 4.98. The van der Waals surface area contributed by atoms with Crippen LogP contribution in [0.5, 0.6) is 0 Å². The summed E-state index contributed by atoms with van der Waals surface area (Å²) in [5.74, 6) is -1.34. The number of pyridine rings is 1. The van der Waals surface area contributed by atoms with Gasteiger partial charge in [0.25, 0.3) is 0 Å². The van der Waals surface area contributed by atoms with Crippen LogP contribution in [0.1, 0.15) is 27.7 Å². The molecule has 1 aliphatic rings. The number of rotatable bonds is 7. The van der Waals surface area contributed by atoms with Crippen LogP contribution in [-0.2, 0) is 11.3 Å². The summed E-state index contributed by atoms with van der Waals surface area (Å²) >= 11 is 0. The molecule has 2 aromatic carbocycles. The lowest BCUT2D eigenvalue weighted by molar-refractivity contribution is -0.143. The molecule has 0 saturated carbocycles. The first-order valence-corrected chi connectivity index (χ1v) is 11.6. The topological polar surface area (TPSA) is 98.9 Å². The van der Waals surface area contributed by atoms with Gasteiger partial charge in [-0.25, -0.2) is 9.78 Å². The van der Waals surface area contributed by atoms with Crippen LogP contribution in [-0.4, -0.2) is 62.8 Å². The molecule has 8 nitrogen and oxygen atoms in total. The highest BCUT2D eigenvalue weighted by Crippen LogP contribution is 2.36. The van der Waals surface area contributed by atoms with Gasteiger partial charge in [0, 0.05) is 55.4 Å². The number of piperazine rings is 1. The summed E-state index contributed by atoms with van der Waals surface area (Å²) in [7, 11) is 0. The summed E-state index contributed by atoms with van der Waals surface area (Å²) in [5, 5.41) is 21.3. The largest absolute Gasteiger partial charge is 0.480 e. The summed E-state index contributed by atoms with van der Waals surface area (Å²) in [6.07, 6.45) is 1.74. The van der Waals surface area contributed by atoms with E-state index in [-0.39, 0.29) is 5.69 Å². The predicted octanol–water partition coefficient (Wildman–Crippen LogP) is 3.73. The monoisotopic (exact) mass is 470 g/mol. The van der Waals surface area contributed by atoms with Crippen LogP contribution < -0.4 is 4.90 Å². The summed E-state index contributed by atoms with van der Waals surface area (Å²) in [5.41, 5.74) is 2.01. The second kappa shape index (κ2) is 9.60. The van der Waals surface area contributed by atoms with Crippen LogP contribution in [0.2, 0.25) is 0 Å². The second-order valence-electron chi connectivity index (χ2n) is 8.61. The van der Waals surface area contributed by atoms with Crippen LogP contribution in [0.3, 0.4) is 0 Å². The molecule has 4 aromatic rings. The predicted molar refractivity (Wildman–Crippen MR) is 133 cm³/mol. The van der Waals surface area contributed by atoms with Gasteiger partial charge in [-0.1, -0.05) is 54.6 Å². The molecule has 0 radical (unpaired) electrons. The average Bonchev–Trinajstić information content (AvgIpc) is 3.19. The van der Waals surface area contributed by atoms with Crippen molar-refractivity contribution in [2.45, 2.75) is 12.6 Å². The van der Waals surface area contributed by atoms with Gasteiger partial charge in [0.15, 0.2) is 0 Å². The van der Waals surface area contributed by atoms with E-state index in [2.05, 4.69) is 9.88 Å². The lowest BCUT2D eigenvalue weighted by Gasteiger charge is -2.38. The Morgan fingerprint density at radius 1 is 0.857 bits per heavy atom. The number of para-hydroxylation sites is 1. The summed E-state index contributed by atoms with van der Waals surface area (Å²) in [6, 6.07) is 21.6. The molecule has 1 unspecified atom stereocenters. The lowest BCUT2D eigenvalue weighted by atomic mass is 10.00. The zero-order valence-corrected chi connectivity index (χ0v) is 19.1. The van der Waals surface area contributed by atoms with Gasteiger partial charge in [-0.15, -0.1) is 0 Å². The van der Waals surface area contributed by atoms with Crippen LogP contribution in [0.4, 0.5) is 5.82 Å². The van der Waals surface area contributed by atoms with Crippen molar-refractivity contribution in [2.75, 3.05) is 31.1 Å². The van der Waals surface area contributed by atoms with Crippen molar-refractivity contribution in [3.05, 3.63) is 95.8 Å². The van der Waals surface area contributed by atoms with Gasteiger partial charge in [0.2, 0.25) is 0 Å². The van der Waals surface area contributed by atoms with Crippen molar-refractivity contribution >= 4 is 28.7 Å². The molecule has 1 atom stereocenters. The normalized spacial score (nSPS) is 15.3. The number of carboxylic acids is 2. The zero-order valence-electron chi connectivity index (χ0n) is 19.1. The highest BCUT2D eigenvalue weighted by molar-refractivity contribution is 6.01. The standard InChI is InChI=1S/C27H26N4O4/c32-26(33)24(30-16-14-29(15-17-30)22-12-6-7-13-28-22)23-20-10-4-5-11-21(20)31(25(23)27(34)35)18-19-8-2-1-3-9-19/h1-13,24H,14-18H2,(H,32,33)(H,34,35). The SMILES string of the molecule is O=C(O)c1c(C(C(=O)O)N2CCN(c3ccccn3)CC2)c2ccccc2n1Cc1ccccc1. The molecule has 0 amide bonds. The Hall–Kier alpha value is -4.17. The second-order valence-corrected chi connectivity index (χ2v) is 8.61. The number of anilines is 1. The quantitative estimate of drug-likeness (QED) is 0.425. The van der Waals surface area contributed by atoms with E-state index in [9.17, 15) is 19.8 Å². The molecular formula is C27H26N4O4. The number of hydrogen-bond acceptors (Lipinski definition) is 5. The van der Waals surface area contributed by atoms with E-state index in [4.69, 9.17) is 0 Å². The first-order valence-electron chi connectivity index (χ1n) is 11.6. The van der Waals surface area contributed by atoms with Crippen LogP contribution in [0, 0.1) is 0 Å². The van der Waals surface area contributed by atoms with E-state index >= 15 is 0 Å². The van der Waals surface area contributed by atoms with E-state index in [0.29, 0.717) is 49.2 Å². The molecule has 0 bridgehead atoms. The number of carbonyl (C=O) groups is 2. The Morgan fingerprint density at radius 2 is 1.54 bits per heavy atom. The Kier molecular flexibility index (Phi) is 6.20. The maximum Gasteiger partial charge on any atom is 0.352 e. The fourth-order valence-corrected chi connectivity index (χ4v) is 4.98. The minimum atomic E-state index is -1.13. The lowest BCUT2D eigenvalue weighted by Crippen LogP contribution is -2.49. The van der Waals surface area contributed by atoms with E-state index in [0.717, 1.165) is 11.4 Å². The molecule has 8 heteroatoms. The first kappa shape index (κ1) is 22.6. The van der Waals surface area contributed by atoms with Gasteiger partial charge in [-0.05, 0) is 23.8 Å². The van der Waals surface area contributed by atoms with Crippen LogP contribution in [0.25, 0.3) is 10.9 Å². The van der Waals surface area contributed by atoms with Gasteiger partial charge >= 0.3 is 11.9 Å². The number of aliphatic carboxylic acids is 1. The minimum Gasteiger partial charge on any atom is -0.480 e. The molecule has 1 aliphatic heterocycles. The van der Waals surface area contributed by atoms with Crippen LogP contribution in [0.15, 0.2) is 79.0 Å². The van der Waals surface area contributed by atoms with E-state index < -0.39 is 18.0 Å². The molecular weight excluding hydrogens is 444 g/mol. The summed E-state index contributed by atoms with van der Waals surface area (Å²) in [4.78, 5) is 33.6. The van der Waals surface area contributed by atoms with Gasteiger partial charge in [-0.2, -0.15) is 0 Å². The number of carboxylic acid groups (broad SMARTS) is 2. The maximum atomic E-state index is 12.7. The van der Waals surface area contributed by atoms with Crippen molar-refractivity contribution in [3.63, 3.8) is 0 Å². The number of hydrogen-bond donors (Lipinski definition) is 2. The Bertz CT molecular complexity index is 1350. The van der Waals surface area contributed by atoms with Gasteiger partial charge in [0.05, 0.1) is 0 Å². The molecule has 2 N–H and O–H groups in total. The van der Waals surface area contributed by atoms with Crippen LogP contribution >= 0.6 is 0 Å². The Morgan fingerprint density at radius 3 is 2.20 bits per heavy atom. The van der Waals surface area contributed by atoms with Gasteiger partial charge in [-0.3, -0.25) is 9.69 Å². The molecule has 35 heavy (non-hydrogen) atoms. The summed E-state index contributed by atoms with van der Waals surface area (Å²) < 4.78 is 1.72. The molecule has 1 fully saturated rings. The minimum absolute atomic E-state index is 0.0228. The third kappa shape index (κ3) is 4.36. The highest BCUT2D eigenvalue weighted by Gasteiger charge is 2.37. The number of nitrogens with zero attached hydrogens (tertiary/aromatic N) is 4. The molecule has 5 rings (SSSR count).